The fraction of sp³-hybridized carbons (Fsp3) is 0.579. The van der Waals surface area contributed by atoms with Crippen LogP contribution in [-0.4, -0.2) is 34.0 Å². The molecule has 1 aliphatic carbocycles. The van der Waals surface area contributed by atoms with Crippen LogP contribution in [0.1, 0.15) is 62.2 Å². The first-order valence-electron chi connectivity index (χ1n) is 9.23. The Morgan fingerprint density at radius 2 is 1.67 bits per heavy atom. The van der Waals surface area contributed by atoms with Gasteiger partial charge in [-0.2, -0.15) is 13.2 Å². The zero-order valence-corrected chi connectivity index (χ0v) is 14.9. The highest BCUT2D eigenvalue weighted by Crippen LogP contribution is 2.36. The topological polar surface area (TPSA) is 69.6 Å². The van der Waals surface area contributed by atoms with Crippen LogP contribution >= 0.6 is 0 Å². The van der Waals surface area contributed by atoms with Crippen LogP contribution in [0.5, 0.6) is 0 Å². The molecule has 5 nitrogen and oxygen atoms in total. The second kappa shape index (κ2) is 7.50. The molecule has 0 unspecified atom stereocenters. The highest BCUT2D eigenvalue weighted by atomic mass is 19.4. The second-order valence-corrected chi connectivity index (χ2v) is 7.30. The predicted molar refractivity (Wildman–Crippen MR) is 91.7 cm³/mol. The first-order valence-corrected chi connectivity index (χ1v) is 9.23. The monoisotopic (exact) mass is 384 g/mol. The summed E-state index contributed by atoms with van der Waals surface area (Å²) in [6.07, 6.45) is -0.546. The van der Waals surface area contributed by atoms with Gasteiger partial charge < -0.3 is 10.4 Å². The largest absolute Gasteiger partial charge is 0.416 e. The van der Waals surface area contributed by atoms with Crippen molar-refractivity contribution in [1.29, 1.82) is 0 Å². The smallest absolute Gasteiger partial charge is 0.387 e. The van der Waals surface area contributed by atoms with Gasteiger partial charge in [0.15, 0.2) is 0 Å². The fourth-order valence-electron chi connectivity index (χ4n) is 4.01. The quantitative estimate of drug-likeness (QED) is 0.780. The number of alkyl halides is 3. The Labute approximate surface area is 155 Å². The number of hydrogen-bond donors (Lipinski definition) is 2. The van der Waals surface area contributed by atoms with Crippen molar-refractivity contribution >= 4 is 11.9 Å². The van der Waals surface area contributed by atoms with E-state index in [2.05, 4.69) is 5.32 Å². The summed E-state index contributed by atoms with van der Waals surface area (Å²) in [5.74, 6) is -0.446. The molecule has 2 fully saturated rings. The Kier molecular flexibility index (Phi) is 5.46. The molecule has 148 valence electrons. The van der Waals surface area contributed by atoms with Crippen molar-refractivity contribution in [2.75, 3.05) is 6.54 Å². The third-order valence-corrected chi connectivity index (χ3v) is 5.43. The summed E-state index contributed by atoms with van der Waals surface area (Å²) in [4.78, 5) is 26.1. The Bertz CT molecular complexity index is 712. The van der Waals surface area contributed by atoms with Crippen molar-refractivity contribution in [2.45, 2.75) is 62.8 Å². The van der Waals surface area contributed by atoms with E-state index in [1.807, 2.05) is 0 Å². The number of β-amino-alcohol motifs (C(OH)–C–C–N with tert-alkyl or cyclic N) is 1. The van der Waals surface area contributed by atoms with Crippen molar-refractivity contribution in [3.8, 4) is 0 Å². The van der Waals surface area contributed by atoms with E-state index in [0.717, 1.165) is 49.1 Å². The lowest BCUT2D eigenvalue weighted by Gasteiger charge is -2.29. The molecule has 2 N–H and O–H groups in total. The van der Waals surface area contributed by atoms with Crippen LogP contribution in [0.4, 0.5) is 18.0 Å². The summed E-state index contributed by atoms with van der Waals surface area (Å²) in [5.41, 5.74) is -2.30. The van der Waals surface area contributed by atoms with Crippen molar-refractivity contribution in [3.05, 3.63) is 35.4 Å². The molecule has 27 heavy (non-hydrogen) atoms. The zero-order chi connectivity index (χ0) is 19.7. The number of benzene rings is 1. The molecular weight excluding hydrogens is 361 g/mol. The minimum Gasteiger partial charge on any atom is -0.387 e. The summed E-state index contributed by atoms with van der Waals surface area (Å²) in [5, 5.41) is 13.1. The Morgan fingerprint density at radius 1 is 1.07 bits per heavy atom. The summed E-state index contributed by atoms with van der Waals surface area (Å²) < 4.78 is 39.5. The summed E-state index contributed by atoms with van der Waals surface area (Å²) in [6, 6.07) is 4.01. The molecular formula is C19H23F3N2O3. The molecule has 3 amide bonds. The average molecular weight is 384 g/mol. The normalized spacial score (nSPS) is 21.7. The maximum absolute atomic E-state index is 13.2. The average Bonchev–Trinajstić information content (AvgIpc) is 2.82. The van der Waals surface area contributed by atoms with E-state index in [4.69, 9.17) is 0 Å². The number of carbonyl (C=O) groups is 2. The van der Waals surface area contributed by atoms with Crippen LogP contribution in [0.25, 0.3) is 0 Å². The minimum absolute atomic E-state index is 0.343. The lowest BCUT2D eigenvalue weighted by atomic mass is 9.84. The Hall–Kier alpha value is -2.09. The van der Waals surface area contributed by atoms with E-state index >= 15 is 0 Å². The molecule has 1 aromatic rings. The number of aliphatic hydroxyl groups excluding tert-OH is 1. The first kappa shape index (κ1) is 19.7. The van der Waals surface area contributed by atoms with Gasteiger partial charge in [-0.15, -0.1) is 0 Å². The molecule has 3 rings (SSSR count). The molecule has 1 saturated heterocycles. The van der Waals surface area contributed by atoms with E-state index in [-0.39, 0.29) is 5.56 Å². The van der Waals surface area contributed by atoms with Crippen molar-refractivity contribution in [2.24, 2.45) is 0 Å². The lowest BCUT2D eigenvalue weighted by Crippen LogP contribution is -2.47. The number of imide groups is 1. The molecule has 0 bridgehead atoms. The van der Waals surface area contributed by atoms with E-state index in [1.165, 1.54) is 12.1 Å². The van der Waals surface area contributed by atoms with Gasteiger partial charge in [0.2, 0.25) is 0 Å². The number of halogens is 3. The number of amides is 3. The van der Waals surface area contributed by atoms with Gasteiger partial charge in [-0.05, 0) is 24.5 Å². The molecule has 1 spiro atoms. The summed E-state index contributed by atoms with van der Waals surface area (Å²) in [7, 11) is 0. The van der Waals surface area contributed by atoms with Crippen LogP contribution in [0.2, 0.25) is 0 Å². The summed E-state index contributed by atoms with van der Waals surface area (Å²) in [6.45, 7) is -0.500. The molecule has 0 aromatic heterocycles. The van der Waals surface area contributed by atoms with Crippen LogP contribution in [0.15, 0.2) is 24.3 Å². The number of urea groups is 1. The van der Waals surface area contributed by atoms with Crippen LogP contribution in [0, 0.1) is 0 Å². The van der Waals surface area contributed by atoms with Gasteiger partial charge in [0.1, 0.15) is 5.54 Å². The van der Waals surface area contributed by atoms with Gasteiger partial charge in [-0.1, -0.05) is 50.3 Å². The molecule has 1 aromatic carbocycles. The van der Waals surface area contributed by atoms with Crippen molar-refractivity contribution < 1.29 is 27.9 Å². The molecule has 2 aliphatic rings. The second-order valence-electron chi connectivity index (χ2n) is 7.30. The van der Waals surface area contributed by atoms with E-state index < -0.39 is 41.9 Å². The number of hydrogen-bond acceptors (Lipinski definition) is 3. The molecule has 1 heterocycles. The molecule has 1 atom stereocenters. The minimum atomic E-state index is -4.63. The summed E-state index contributed by atoms with van der Waals surface area (Å²) >= 11 is 0. The molecule has 0 radical (unpaired) electrons. The SMILES string of the molecule is O=C1NC2(CCCCCCC2)C(=O)N1C[C@H](O)c1ccccc1C(F)(F)F. The predicted octanol–water partition coefficient (Wildman–Crippen LogP) is 3.77. The van der Waals surface area contributed by atoms with Crippen molar-refractivity contribution in [3.63, 3.8) is 0 Å². The zero-order valence-electron chi connectivity index (χ0n) is 14.9. The number of nitrogens with one attached hydrogen (secondary N) is 1. The van der Waals surface area contributed by atoms with Gasteiger partial charge >= 0.3 is 12.2 Å². The van der Waals surface area contributed by atoms with Gasteiger partial charge in [-0.25, -0.2) is 4.79 Å². The lowest BCUT2D eigenvalue weighted by molar-refractivity contribution is -0.139. The van der Waals surface area contributed by atoms with Crippen LogP contribution in [-0.2, 0) is 11.0 Å². The maximum Gasteiger partial charge on any atom is 0.416 e. The highest BCUT2D eigenvalue weighted by molar-refractivity contribution is 6.07. The third kappa shape index (κ3) is 3.95. The number of carbonyl (C=O) groups excluding carboxylic acids is 2. The number of rotatable bonds is 3. The Morgan fingerprint density at radius 3 is 2.30 bits per heavy atom. The Balaban J connectivity index is 1.80. The van der Waals surface area contributed by atoms with E-state index in [1.54, 1.807) is 0 Å². The highest BCUT2D eigenvalue weighted by Gasteiger charge is 2.51. The van der Waals surface area contributed by atoms with Crippen LogP contribution < -0.4 is 5.32 Å². The molecule has 1 aliphatic heterocycles. The van der Waals surface area contributed by atoms with E-state index in [9.17, 15) is 27.9 Å². The van der Waals surface area contributed by atoms with E-state index in [0.29, 0.717) is 12.8 Å². The molecule has 8 heteroatoms. The fourth-order valence-corrected chi connectivity index (χ4v) is 4.01. The third-order valence-electron chi connectivity index (χ3n) is 5.43. The maximum atomic E-state index is 13.2. The van der Waals surface area contributed by atoms with Gasteiger partial charge in [0, 0.05) is 0 Å². The molecule has 1 saturated carbocycles. The van der Waals surface area contributed by atoms with Gasteiger partial charge in [-0.3, -0.25) is 9.69 Å². The van der Waals surface area contributed by atoms with Gasteiger partial charge in [0.05, 0.1) is 18.2 Å². The van der Waals surface area contributed by atoms with Crippen molar-refractivity contribution in [1.82, 2.24) is 10.2 Å². The first-order chi connectivity index (χ1) is 12.7. The standard InChI is InChI=1S/C19H23F3N2O3/c20-19(21,22)14-9-5-4-8-13(14)15(25)12-24-16(26)18(23-17(24)27)10-6-2-1-3-7-11-18/h4-5,8-9,15,25H,1-3,6-7,10-12H2,(H,23,27)/t15-/m0/s1. The van der Waals surface area contributed by atoms with Crippen LogP contribution in [0.3, 0.4) is 0 Å². The number of aliphatic hydroxyl groups is 1. The van der Waals surface area contributed by atoms with Gasteiger partial charge in [0.25, 0.3) is 5.91 Å². The number of nitrogens with zero attached hydrogens (tertiary/aromatic N) is 1.